The van der Waals surface area contributed by atoms with Gasteiger partial charge >= 0.3 is 0 Å². The number of nitrogens with one attached hydrogen (secondary N) is 3. The van der Waals surface area contributed by atoms with Gasteiger partial charge in [0, 0.05) is 13.1 Å². The van der Waals surface area contributed by atoms with Gasteiger partial charge < -0.3 is 5.32 Å². The molecule has 0 fully saturated rings. The molecule has 0 aliphatic carbocycles. The molecule has 0 aliphatic rings. The number of carbonyl (C=O) groups is 1. The number of thiocarbonyl (C=S) groups is 1. The van der Waals surface area contributed by atoms with E-state index in [0.29, 0.717) is 34.3 Å². The second-order valence-electron chi connectivity index (χ2n) is 4.92. The number of para-hydroxylation sites is 1. The summed E-state index contributed by atoms with van der Waals surface area (Å²) in [6.07, 6.45) is 1.65. The number of aromatic nitrogens is 2. The van der Waals surface area contributed by atoms with Crippen molar-refractivity contribution in [1.82, 2.24) is 25.7 Å². The number of hydrogen-bond acceptors (Lipinski definition) is 5. The van der Waals surface area contributed by atoms with Crippen molar-refractivity contribution in [3.05, 3.63) is 47.3 Å². The van der Waals surface area contributed by atoms with Crippen LogP contribution in [0, 0.1) is 0 Å². The number of thioether (sulfide) groups is 1. The average Bonchev–Trinajstić information content (AvgIpc) is 2.63. The molecule has 25 heavy (non-hydrogen) atoms. The number of rotatable bonds is 6. The fourth-order valence-corrected chi connectivity index (χ4v) is 3.04. The van der Waals surface area contributed by atoms with Gasteiger partial charge in [-0.2, -0.15) is 0 Å². The maximum Gasteiger partial charge on any atom is 0.262 e. The lowest BCUT2D eigenvalue weighted by Crippen LogP contribution is -2.47. The molecule has 2 rings (SSSR count). The zero-order valence-electron chi connectivity index (χ0n) is 13.7. The third-order valence-corrected chi connectivity index (χ3v) is 4.42. The van der Waals surface area contributed by atoms with E-state index in [2.05, 4.69) is 27.7 Å². The molecule has 0 saturated heterocycles. The van der Waals surface area contributed by atoms with Gasteiger partial charge in [0.25, 0.3) is 5.56 Å². The minimum absolute atomic E-state index is 0.0991. The Morgan fingerprint density at radius 2 is 2.16 bits per heavy atom. The van der Waals surface area contributed by atoms with Crippen molar-refractivity contribution in [2.75, 3.05) is 12.3 Å². The number of fused-ring (bicyclic) bond motifs is 1. The van der Waals surface area contributed by atoms with Gasteiger partial charge in [0.1, 0.15) is 0 Å². The summed E-state index contributed by atoms with van der Waals surface area (Å²) < 4.78 is 1.56. The summed E-state index contributed by atoms with van der Waals surface area (Å²) in [6.45, 7) is 6.41. The van der Waals surface area contributed by atoms with Gasteiger partial charge in [-0.15, -0.1) is 6.58 Å². The molecular weight excluding hydrogens is 358 g/mol. The molecule has 7 nitrogen and oxygen atoms in total. The van der Waals surface area contributed by atoms with Gasteiger partial charge in [-0.25, -0.2) is 4.98 Å². The molecule has 0 saturated carbocycles. The Morgan fingerprint density at radius 1 is 1.40 bits per heavy atom. The highest BCUT2D eigenvalue weighted by molar-refractivity contribution is 7.99. The Bertz CT molecular complexity index is 850. The standard InChI is InChI=1S/C16H19N5O2S2/c1-3-9-17-15(24)20-19-13(22)10-25-16-18-12-8-6-5-7-11(12)14(23)21(16)4-2/h3,5-8H,1,4,9-10H2,2H3,(H,19,22)(H2,17,20,24). The third kappa shape index (κ3) is 5.04. The van der Waals surface area contributed by atoms with Crippen LogP contribution in [-0.2, 0) is 11.3 Å². The molecule has 132 valence electrons. The van der Waals surface area contributed by atoms with E-state index < -0.39 is 0 Å². The van der Waals surface area contributed by atoms with Gasteiger partial charge in [-0.05, 0) is 31.3 Å². The fraction of sp³-hybridized carbons (Fsp3) is 0.250. The molecule has 9 heteroatoms. The Morgan fingerprint density at radius 3 is 2.88 bits per heavy atom. The van der Waals surface area contributed by atoms with E-state index in [1.165, 1.54) is 11.8 Å². The molecule has 0 radical (unpaired) electrons. The van der Waals surface area contributed by atoms with Crippen LogP contribution in [0.15, 0.2) is 46.9 Å². The lowest BCUT2D eigenvalue weighted by Gasteiger charge is -2.12. The Labute approximate surface area is 154 Å². The van der Waals surface area contributed by atoms with Gasteiger partial charge in [0.2, 0.25) is 5.91 Å². The van der Waals surface area contributed by atoms with E-state index in [9.17, 15) is 9.59 Å². The number of hydrazine groups is 1. The third-order valence-electron chi connectivity index (χ3n) is 3.20. The van der Waals surface area contributed by atoms with E-state index in [4.69, 9.17) is 12.2 Å². The Balaban J connectivity index is 2.03. The van der Waals surface area contributed by atoms with Gasteiger partial charge in [-0.1, -0.05) is 30.0 Å². The maximum absolute atomic E-state index is 12.5. The molecule has 1 aromatic carbocycles. The molecule has 1 aromatic heterocycles. The van der Waals surface area contributed by atoms with Gasteiger partial charge in [0.15, 0.2) is 10.3 Å². The first-order chi connectivity index (χ1) is 12.1. The van der Waals surface area contributed by atoms with Crippen LogP contribution in [0.25, 0.3) is 10.9 Å². The Hall–Kier alpha value is -2.39. The highest BCUT2D eigenvalue weighted by atomic mass is 32.2. The largest absolute Gasteiger partial charge is 0.358 e. The number of carbonyl (C=O) groups excluding carboxylic acids is 1. The molecule has 1 amide bonds. The first-order valence-corrected chi connectivity index (χ1v) is 9.02. The molecule has 0 bridgehead atoms. The van der Waals surface area contributed by atoms with Crippen LogP contribution in [0.4, 0.5) is 0 Å². The molecule has 2 aromatic rings. The van der Waals surface area contributed by atoms with Crippen molar-refractivity contribution >= 4 is 45.9 Å². The number of benzene rings is 1. The van der Waals surface area contributed by atoms with Crippen LogP contribution < -0.4 is 21.7 Å². The maximum atomic E-state index is 12.5. The van der Waals surface area contributed by atoms with E-state index in [1.54, 1.807) is 28.8 Å². The van der Waals surface area contributed by atoms with Crippen LogP contribution in [0.3, 0.4) is 0 Å². The first kappa shape index (κ1) is 18.9. The second kappa shape index (κ2) is 9.19. The monoisotopic (exact) mass is 377 g/mol. The molecule has 0 spiro atoms. The van der Waals surface area contributed by atoms with Crippen LogP contribution in [-0.4, -0.2) is 32.9 Å². The van der Waals surface area contributed by atoms with Crippen molar-refractivity contribution in [1.29, 1.82) is 0 Å². The second-order valence-corrected chi connectivity index (χ2v) is 6.27. The minimum atomic E-state index is -0.280. The summed E-state index contributed by atoms with van der Waals surface area (Å²) in [6, 6.07) is 7.17. The normalized spacial score (nSPS) is 10.3. The number of amides is 1. The van der Waals surface area contributed by atoms with Crippen LogP contribution in [0.2, 0.25) is 0 Å². The summed E-state index contributed by atoms with van der Waals surface area (Å²) >= 11 is 6.17. The number of hydrogen-bond donors (Lipinski definition) is 3. The van der Waals surface area contributed by atoms with E-state index >= 15 is 0 Å². The smallest absolute Gasteiger partial charge is 0.262 e. The van der Waals surface area contributed by atoms with Gasteiger partial charge in [-0.3, -0.25) is 25.0 Å². The quantitative estimate of drug-likeness (QED) is 0.229. The fourth-order valence-electron chi connectivity index (χ4n) is 2.04. The lowest BCUT2D eigenvalue weighted by molar-refractivity contribution is -0.119. The SMILES string of the molecule is C=CCNC(=S)NNC(=O)CSc1nc2ccccc2c(=O)n1CC. The highest BCUT2D eigenvalue weighted by Gasteiger charge is 2.12. The van der Waals surface area contributed by atoms with Gasteiger partial charge in [0.05, 0.1) is 16.7 Å². The highest BCUT2D eigenvalue weighted by Crippen LogP contribution is 2.17. The van der Waals surface area contributed by atoms with E-state index in [0.717, 1.165) is 0 Å². The zero-order valence-corrected chi connectivity index (χ0v) is 15.4. The van der Waals surface area contributed by atoms with Crippen LogP contribution >= 0.6 is 24.0 Å². The molecule has 0 aliphatic heterocycles. The van der Waals surface area contributed by atoms with Crippen LogP contribution in [0.5, 0.6) is 0 Å². The van der Waals surface area contributed by atoms with E-state index in [1.807, 2.05) is 13.0 Å². The zero-order chi connectivity index (χ0) is 18.2. The summed E-state index contributed by atoms with van der Waals surface area (Å²) in [5.74, 6) is -0.181. The average molecular weight is 377 g/mol. The molecule has 0 atom stereocenters. The lowest BCUT2D eigenvalue weighted by atomic mass is 10.2. The van der Waals surface area contributed by atoms with Crippen molar-refractivity contribution in [2.24, 2.45) is 0 Å². The molecule has 0 unspecified atom stereocenters. The Kier molecular flexibility index (Phi) is 6.96. The van der Waals surface area contributed by atoms with Crippen molar-refractivity contribution in [3.63, 3.8) is 0 Å². The van der Waals surface area contributed by atoms with E-state index in [-0.39, 0.29) is 17.2 Å². The summed E-state index contributed by atoms with van der Waals surface area (Å²) in [7, 11) is 0. The van der Waals surface area contributed by atoms with Crippen molar-refractivity contribution < 1.29 is 4.79 Å². The molecule has 1 heterocycles. The predicted molar refractivity (Wildman–Crippen MR) is 104 cm³/mol. The first-order valence-electron chi connectivity index (χ1n) is 7.62. The minimum Gasteiger partial charge on any atom is -0.358 e. The summed E-state index contributed by atoms with van der Waals surface area (Å²) in [5.41, 5.74) is 5.59. The summed E-state index contributed by atoms with van der Waals surface area (Å²) in [5, 5.41) is 4.21. The van der Waals surface area contributed by atoms with Crippen molar-refractivity contribution in [2.45, 2.75) is 18.6 Å². The van der Waals surface area contributed by atoms with Crippen LogP contribution in [0.1, 0.15) is 6.92 Å². The van der Waals surface area contributed by atoms with Crippen molar-refractivity contribution in [3.8, 4) is 0 Å². The molecular formula is C16H19N5O2S2. The number of nitrogens with zero attached hydrogens (tertiary/aromatic N) is 2. The topological polar surface area (TPSA) is 88.1 Å². The molecule has 3 N–H and O–H groups in total. The summed E-state index contributed by atoms with van der Waals surface area (Å²) in [4.78, 5) is 28.9. The predicted octanol–water partition coefficient (Wildman–Crippen LogP) is 1.19.